The highest BCUT2D eigenvalue weighted by Gasteiger charge is 2.06. The molecule has 2 rings (SSSR count). The first-order valence-electron chi connectivity index (χ1n) is 6.39. The summed E-state index contributed by atoms with van der Waals surface area (Å²) in [5, 5.41) is 2.76. The summed E-state index contributed by atoms with van der Waals surface area (Å²) in [7, 11) is 0. The van der Waals surface area contributed by atoms with Crippen LogP contribution in [0, 0.1) is 11.6 Å². The molecule has 0 atom stereocenters. The Labute approximate surface area is 125 Å². The van der Waals surface area contributed by atoms with Crippen LogP contribution in [0.4, 0.5) is 8.78 Å². The van der Waals surface area contributed by atoms with E-state index >= 15 is 0 Å². The Morgan fingerprint density at radius 2 is 2.05 bits per heavy atom. The number of hydrogen-bond donors (Lipinski definition) is 1. The summed E-state index contributed by atoms with van der Waals surface area (Å²) < 4.78 is 25.8. The van der Waals surface area contributed by atoms with Crippen molar-refractivity contribution >= 4 is 17.7 Å². The predicted molar refractivity (Wildman–Crippen MR) is 78.0 cm³/mol. The van der Waals surface area contributed by atoms with Crippen LogP contribution in [0.2, 0.25) is 0 Å². The third kappa shape index (κ3) is 5.15. The van der Waals surface area contributed by atoms with Crippen molar-refractivity contribution in [3.63, 3.8) is 0 Å². The molecular weight excluding hydrogens is 294 g/mol. The summed E-state index contributed by atoms with van der Waals surface area (Å²) >= 11 is 1.16. The lowest BCUT2D eigenvalue weighted by Gasteiger charge is -2.05. The highest BCUT2D eigenvalue weighted by Crippen LogP contribution is 2.19. The average Bonchev–Trinajstić information content (AvgIpc) is 2.49. The van der Waals surface area contributed by atoms with Crippen molar-refractivity contribution in [1.29, 1.82) is 0 Å². The standard InChI is InChI=1S/C15H14F2N2OS/c16-13-5-4-12(9-14(13)17)21-10-15(20)19-8-6-11-3-1-2-7-18-11/h1-5,7,9H,6,8,10H2,(H,19,20). The van der Waals surface area contributed by atoms with Gasteiger partial charge in [0, 0.05) is 29.8 Å². The van der Waals surface area contributed by atoms with E-state index in [1.54, 1.807) is 6.20 Å². The fourth-order valence-corrected chi connectivity index (χ4v) is 2.39. The number of hydrogen-bond acceptors (Lipinski definition) is 3. The summed E-state index contributed by atoms with van der Waals surface area (Å²) in [4.78, 5) is 16.3. The van der Waals surface area contributed by atoms with Crippen LogP contribution in [0.5, 0.6) is 0 Å². The third-order valence-electron chi connectivity index (χ3n) is 2.69. The summed E-state index contributed by atoms with van der Waals surface area (Å²) in [6.07, 6.45) is 2.36. The quantitative estimate of drug-likeness (QED) is 0.834. The molecule has 0 fully saturated rings. The van der Waals surface area contributed by atoms with E-state index in [4.69, 9.17) is 0 Å². The van der Waals surface area contributed by atoms with Crippen molar-refractivity contribution in [2.75, 3.05) is 12.3 Å². The highest BCUT2D eigenvalue weighted by atomic mass is 32.2. The topological polar surface area (TPSA) is 42.0 Å². The van der Waals surface area contributed by atoms with E-state index in [1.165, 1.54) is 6.07 Å². The van der Waals surface area contributed by atoms with Gasteiger partial charge >= 0.3 is 0 Å². The molecule has 2 aromatic rings. The van der Waals surface area contributed by atoms with E-state index in [0.29, 0.717) is 17.9 Å². The van der Waals surface area contributed by atoms with Crippen molar-refractivity contribution < 1.29 is 13.6 Å². The summed E-state index contributed by atoms with van der Waals surface area (Å²) in [6.45, 7) is 0.494. The maximum Gasteiger partial charge on any atom is 0.230 e. The van der Waals surface area contributed by atoms with E-state index in [-0.39, 0.29) is 11.7 Å². The van der Waals surface area contributed by atoms with Gasteiger partial charge in [0.05, 0.1) is 5.75 Å². The van der Waals surface area contributed by atoms with Gasteiger partial charge in [0.2, 0.25) is 5.91 Å². The van der Waals surface area contributed by atoms with Gasteiger partial charge in [-0.1, -0.05) is 6.07 Å². The van der Waals surface area contributed by atoms with E-state index in [2.05, 4.69) is 10.3 Å². The molecule has 0 aliphatic carbocycles. The van der Waals surface area contributed by atoms with Crippen LogP contribution in [0.25, 0.3) is 0 Å². The number of nitrogens with one attached hydrogen (secondary N) is 1. The van der Waals surface area contributed by atoms with Gasteiger partial charge in [-0.3, -0.25) is 9.78 Å². The van der Waals surface area contributed by atoms with E-state index in [0.717, 1.165) is 29.6 Å². The zero-order valence-electron chi connectivity index (χ0n) is 11.2. The van der Waals surface area contributed by atoms with E-state index in [9.17, 15) is 13.6 Å². The molecule has 21 heavy (non-hydrogen) atoms. The number of thioether (sulfide) groups is 1. The summed E-state index contributed by atoms with van der Waals surface area (Å²) in [5.41, 5.74) is 0.908. The molecule has 0 bridgehead atoms. The summed E-state index contributed by atoms with van der Waals surface area (Å²) in [6, 6.07) is 9.20. The number of pyridine rings is 1. The Morgan fingerprint density at radius 3 is 2.76 bits per heavy atom. The van der Waals surface area contributed by atoms with Gasteiger partial charge in [0.15, 0.2) is 11.6 Å². The van der Waals surface area contributed by atoms with Crippen LogP contribution in [0.1, 0.15) is 5.69 Å². The lowest BCUT2D eigenvalue weighted by atomic mass is 10.3. The molecule has 1 amide bonds. The molecule has 1 aromatic carbocycles. The number of benzene rings is 1. The normalized spacial score (nSPS) is 10.4. The predicted octanol–water partition coefficient (Wildman–Crippen LogP) is 2.81. The lowest BCUT2D eigenvalue weighted by molar-refractivity contribution is -0.118. The molecule has 0 aliphatic rings. The van der Waals surface area contributed by atoms with Gasteiger partial charge in [0.25, 0.3) is 0 Å². The first-order chi connectivity index (χ1) is 10.1. The van der Waals surface area contributed by atoms with Gasteiger partial charge in [-0.05, 0) is 30.3 Å². The van der Waals surface area contributed by atoms with Crippen molar-refractivity contribution in [1.82, 2.24) is 10.3 Å². The number of amides is 1. The second-order valence-electron chi connectivity index (χ2n) is 4.29. The molecule has 0 spiro atoms. The molecule has 110 valence electrons. The molecule has 0 saturated heterocycles. The third-order valence-corrected chi connectivity index (χ3v) is 3.68. The zero-order valence-corrected chi connectivity index (χ0v) is 12.0. The molecular formula is C15H14F2N2OS. The van der Waals surface area contributed by atoms with Gasteiger partial charge in [-0.15, -0.1) is 11.8 Å². The number of rotatable bonds is 6. The Morgan fingerprint density at radius 1 is 1.19 bits per heavy atom. The van der Waals surface area contributed by atoms with Crippen molar-refractivity contribution in [3.05, 3.63) is 59.9 Å². The molecule has 1 heterocycles. The smallest absolute Gasteiger partial charge is 0.230 e. The van der Waals surface area contributed by atoms with E-state index < -0.39 is 11.6 Å². The van der Waals surface area contributed by atoms with Crippen LogP contribution < -0.4 is 5.32 Å². The first kappa shape index (κ1) is 15.4. The number of halogens is 2. The van der Waals surface area contributed by atoms with Crippen LogP contribution >= 0.6 is 11.8 Å². The lowest BCUT2D eigenvalue weighted by Crippen LogP contribution is -2.27. The molecule has 3 nitrogen and oxygen atoms in total. The van der Waals surface area contributed by atoms with E-state index in [1.807, 2.05) is 18.2 Å². The minimum absolute atomic E-state index is 0.152. The maximum atomic E-state index is 13.0. The fraction of sp³-hybridized carbons (Fsp3) is 0.200. The molecule has 0 aliphatic heterocycles. The molecule has 6 heteroatoms. The van der Waals surface area contributed by atoms with Crippen LogP contribution in [0.15, 0.2) is 47.5 Å². The minimum Gasteiger partial charge on any atom is -0.355 e. The Balaban J connectivity index is 1.71. The van der Waals surface area contributed by atoms with Gasteiger partial charge in [-0.25, -0.2) is 8.78 Å². The van der Waals surface area contributed by atoms with Gasteiger partial charge in [0.1, 0.15) is 0 Å². The molecule has 0 unspecified atom stereocenters. The number of nitrogens with zero attached hydrogens (tertiary/aromatic N) is 1. The van der Waals surface area contributed by atoms with Crippen molar-refractivity contribution in [3.8, 4) is 0 Å². The minimum atomic E-state index is -0.907. The number of carbonyl (C=O) groups excluding carboxylic acids is 1. The molecule has 0 radical (unpaired) electrons. The number of aromatic nitrogens is 1. The largest absolute Gasteiger partial charge is 0.355 e. The van der Waals surface area contributed by atoms with Gasteiger partial charge in [-0.2, -0.15) is 0 Å². The van der Waals surface area contributed by atoms with Gasteiger partial charge < -0.3 is 5.32 Å². The second-order valence-corrected chi connectivity index (χ2v) is 5.33. The maximum absolute atomic E-state index is 13.0. The Bertz CT molecular complexity index is 608. The van der Waals surface area contributed by atoms with Crippen molar-refractivity contribution in [2.24, 2.45) is 0 Å². The first-order valence-corrected chi connectivity index (χ1v) is 7.38. The molecule has 0 saturated carbocycles. The molecule has 1 aromatic heterocycles. The Kier molecular flexibility index (Phi) is 5.68. The molecule has 1 N–H and O–H groups in total. The highest BCUT2D eigenvalue weighted by molar-refractivity contribution is 8.00. The van der Waals surface area contributed by atoms with Crippen LogP contribution in [-0.4, -0.2) is 23.2 Å². The zero-order chi connectivity index (χ0) is 15.1. The van der Waals surface area contributed by atoms with Crippen molar-refractivity contribution in [2.45, 2.75) is 11.3 Å². The fourth-order valence-electron chi connectivity index (χ4n) is 1.64. The van der Waals surface area contributed by atoms with Crippen LogP contribution in [0.3, 0.4) is 0 Å². The Hall–Kier alpha value is -1.95. The monoisotopic (exact) mass is 308 g/mol. The summed E-state index contributed by atoms with van der Waals surface area (Å²) in [5.74, 6) is -1.79. The average molecular weight is 308 g/mol. The SMILES string of the molecule is O=C(CSc1ccc(F)c(F)c1)NCCc1ccccn1. The van der Waals surface area contributed by atoms with Crippen LogP contribution in [-0.2, 0) is 11.2 Å². The second kappa shape index (κ2) is 7.73. The number of carbonyl (C=O) groups is 1.